The maximum absolute atomic E-state index is 14.0. The third-order valence-corrected chi connectivity index (χ3v) is 19.4. The molecule has 2 amide bonds. The summed E-state index contributed by atoms with van der Waals surface area (Å²) >= 11 is 0. The molecular weight excluding hydrogens is 1520 g/mol. The lowest BCUT2D eigenvalue weighted by molar-refractivity contribution is -0.223. The summed E-state index contributed by atoms with van der Waals surface area (Å²) in [5.74, 6) is -5.97. The Morgan fingerprint density at radius 3 is 1.31 bits per heavy atom. The number of amides is 2. The van der Waals surface area contributed by atoms with Gasteiger partial charge in [0.1, 0.15) is 35.1 Å². The fraction of sp³-hybridized carbons (Fsp3) is 0.609. The topological polar surface area (TPSA) is 572 Å². The van der Waals surface area contributed by atoms with Crippen molar-refractivity contribution >= 4 is 98.2 Å². The number of aromatic nitrogens is 16. The predicted octanol–water partition coefficient (Wildman–Crippen LogP) is 2.94. The van der Waals surface area contributed by atoms with Gasteiger partial charge in [-0.1, -0.05) is 69.2 Å². The van der Waals surface area contributed by atoms with Gasteiger partial charge in [0, 0.05) is 50.4 Å². The van der Waals surface area contributed by atoms with Crippen LogP contribution in [0.2, 0.25) is 0 Å². The van der Waals surface area contributed by atoms with Gasteiger partial charge in [-0.15, -0.1) is 0 Å². The van der Waals surface area contributed by atoms with Crippen molar-refractivity contribution in [3.05, 3.63) is 66.7 Å². The minimum atomic E-state index is -3.27. The van der Waals surface area contributed by atoms with Crippen molar-refractivity contribution in [1.82, 2.24) is 78.5 Å². The number of carbonyl (C=O) groups is 5. The fourth-order valence-corrected chi connectivity index (χ4v) is 12.9. The van der Waals surface area contributed by atoms with Crippen molar-refractivity contribution in [3.63, 3.8) is 0 Å². The van der Waals surface area contributed by atoms with E-state index in [-0.39, 0.29) is 111 Å². The number of aliphatic hydroxyl groups is 4. The van der Waals surface area contributed by atoms with Crippen molar-refractivity contribution in [2.45, 2.75) is 213 Å². The molecule has 40 nitrogen and oxygen atoms in total. The lowest BCUT2D eigenvalue weighted by Crippen LogP contribution is -2.52. The highest BCUT2D eigenvalue weighted by atomic mass is 19.3. The monoisotopic (exact) mass is 1600 g/mol. The Bertz CT molecular complexity index is 4830. The molecule has 0 radical (unpaired) electrons. The van der Waals surface area contributed by atoms with Crippen LogP contribution in [0.3, 0.4) is 0 Å². The van der Waals surface area contributed by atoms with Gasteiger partial charge in [0.05, 0.1) is 31.9 Å². The maximum Gasteiger partial charge on any atom is 0.305 e. The molecule has 0 aliphatic carbocycles. The minimum Gasteiger partial charge on any atom is -0.457 e. The third kappa shape index (κ3) is 17.0. The molecule has 4 saturated heterocycles. The van der Waals surface area contributed by atoms with E-state index in [0.29, 0.717) is 5.52 Å². The van der Waals surface area contributed by atoms with E-state index in [1.807, 2.05) is 0 Å². The van der Waals surface area contributed by atoms with Crippen LogP contribution < -0.4 is 44.3 Å². The van der Waals surface area contributed by atoms with E-state index in [1.54, 1.807) is 48.5 Å². The molecule has 0 bridgehead atoms. The predicted molar refractivity (Wildman–Crippen MR) is 371 cm³/mol. The zero-order chi connectivity index (χ0) is 83.5. The average molecular weight is 1610 g/mol. The van der Waals surface area contributed by atoms with Crippen LogP contribution in [0, 0.1) is 29.6 Å². The Hall–Kier alpha value is -10.5. The number of hydrogen-bond acceptors (Lipinski definition) is 30. The highest BCUT2D eigenvalue weighted by Gasteiger charge is 2.63. The number of hydrogen-bond donors (Lipinski definition) is 13. The number of fused-ring (bicyclic) bond motifs is 4. The Balaban J connectivity index is 0.000000179. The van der Waals surface area contributed by atoms with Crippen molar-refractivity contribution < 1.29 is 113 Å². The molecule has 15 N–H and O–H groups in total. The molecule has 4 aliphatic rings. The Kier molecular flexibility index (Phi) is 26.9. The number of nitrogens with two attached hydrogens (primary N) is 2. The largest absolute Gasteiger partial charge is 0.457 e. The van der Waals surface area contributed by atoms with E-state index in [2.05, 4.69) is 75.4 Å². The first-order chi connectivity index (χ1) is 52.5. The second kappa shape index (κ2) is 34.6. The third-order valence-electron chi connectivity index (χ3n) is 19.4. The number of imidazole rings is 4. The van der Waals surface area contributed by atoms with E-state index >= 15 is 0 Å². The van der Waals surface area contributed by atoms with E-state index in [0.717, 1.165) is 24.7 Å². The summed E-state index contributed by atoms with van der Waals surface area (Å²) in [7, 11) is 0. The molecular formula is C64H84F8N20O20. The number of anilines is 4. The highest BCUT2D eigenvalue weighted by Crippen LogP contribution is 2.51. The number of nitrogens with zero attached hydrogens (tertiary/aromatic N) is 11. The van der Waals surface area contributed by atoms with Gasteiger partial charge in [-0.05, 0) is 19.3 Å². The van der Waals surface area contributed by atoms with E-state index < -0.39 is 163 Å². The van der Waals surface area contributed by atoms with E-state index in [1.165, 1.54) is 55.8 Å². The number of esters is 3. The summed E-state index contributed by atoms with van der Waals surface area (Å²) in [5, 5.41) is 44.5. The van der Waals surface area contributed by atoms with Crippen molar-refractivity contribution in [2.24, 2.45) is 29.6 Å². The zero-order valence-electron chi connectivity index (χ0n) is 61.9. The number of halogens is 8. The number of aliphatic hydroxyl groups excluding tert-OH is 4. The number of nitrogens with one attached hydrogen (secondary N) is 7. The summed E-state index contributed by atoms with van der Waals surface area (Å²) in [6.45, 7) is 18.3. The normalized spacial score (nSPS) is 27.5. The molecule has 48 heteroatoms. The molecule has 12 heterocycles. The number of nitrogen functional groups attached to an aromatic ring is 2. The van der Waals surface area contributed by atoms with E-state index in [9.17, 15) is 98.7 Å². The van der Waals surface area contributed by atoms with E-state index in [4.69, 9.17) is 44.6 Å². The Morgan fingerprint density at radius 1 is 0.518 bits per heavy atom. The second-order valence-electron chi connectivity index (χ2n) is 26.9. The average Bonchev–Trinajstić information content (AvgIpc) is 1.59. The summed E-state index contributed by atoms with van der Waals surface area (Å²) < 4.78 is 148. The number of ether oxygens (including phenoxy) is 7. The number of carbonyl (C=O) groups excluding carboxylic acids is 5. The first-order valence-electron chi connectivity index (χ1n) is 34.4. The molecule has 112 heavy (non-hydrogen) atoms. The molecule has 0 aromatic carbocycles. The van der Waals surface area contributed by atoms with Gasteiger partial charge >= 0.3 is 17.9 Å². The number of aromatic amines is 5. The van der Waals surface area contributed by atoms with Crippen molar-refractivity contribution in [1.29, 1.82) is 0 Å². The van der Waals surface area contributed by atoms with Gasteiger partial charge < -0.3 is 70.0 Å². The summed E-state index contributed by atoms with van der Waals surface area (Å²) in [6, 6.07) is 0. The molecule has 16 atom stereocenters. The number of alkyl halides is 8. The van der Waals surface area contributed by atoms with Gasteiger partial charge in [0.15, 0.2) is 81.1 Å². The smallest absolute Gasteiger partial charge is 0.305 e. The van der Waals surface area contributed by atoms with Crippen LogP contribution in [0.25, 0.3) is 44.7 Å². The molecule has 12 rings (SSSR count). The molecule has 0 spiro atoms. The van der Waals surface area contributed by atoms with Crippen LogP contribution >= 0.6 is 0 Å². The molecule has 0 saturated carbocycles. The van der Waals surface area contributed by atoms with Crippen LogP contribution in [0.5, 0.6) is 0 Å². The van der Waals surface area contributed by atoms with Crippen LogP contribution in [0.15, 0.2) is 44.5 Å². The summed E-state index contributed by atoms with van der Waals surface area (Å²) in [6.07, 6.45) is -19.1. The van der Waals surface area contributed by atoms with Gasteiger partial charge in [0.25, 0.3) is 47.9 Å². The highest BCUT2D eigenvalue weighted by molar-refractivity contribution is 5.91. The van der Waals surface area contributed by atoms with Gasteiger partial charge in [-0.2, -0.15) is 19.9 Å². The minimum absolute atomic E-state index is 0.00155. The molecule has 0 unspecified atom stereocenters. The maximum atomic E-state index is 14.0. The zero-order valence-corrected chi connectivity index (χ0v) is 61.9. The Morgan fingerprint density at radius 2 is 0.893 bits per heavy atom. The second-order valence-corrected chi connectivity index (χ2v) is 26.9. The van der Waals surface area contributed by atoms with Crippen LogP contribution in [0.4, 0.5) is 58.9 Å². The van der Waals surface area contributed by atoms with Gasteiger partial charge in [-0.25, -0.2) is 55.1 Å². The van der Waals surface area contributed by atoms with Crippen LogP contribution in [-0.2, 0) is 57.1 Å². The summed E-state index contributed by atoms with van der Waals surface area (Å²) in [4.78, 5) is 148. The standard InChI is InChI=1S/C19H25F2N5O5.C13H17F2N5O3.C12H18F2O5.C11H13F2N5O5.C9H11N5O2/c1-6-19(17(20)21)9(4)12(30-10(5)27)16(31-19)26-7-22-11-13(26)23-18(25-15(11)29)24-14(28)8(2)3;1-3-13(11(14)15)5(2)7(21)10(23-13)20-4-17-6-8(20)18-12(16)19-9(6)22;1-5-12(11(13)14)6(2)9(17-7(3)15)10(19-12)18-8(4)16;12-9(13)11(1-19)5(21)4(20)8(23-11)18-2-15-3-6(18)16-10(14)17-7(3)22;1-4(2)7(15)13-9-12-6-5(8(16)14-9)10-3-11-6/h7-9,12,16-17H,6H2,1-5H3,(H2,23,24,25,28,29);4-5,7,10-11,21H,3H2,1-2H3,(H3,16,18,19,22);6,9-11H,5H2,1-4H3;2,4-5,8-9,19-21H,1H2,(H3,14,16,17,22);3-4H,1-2H3,(H3,10,11,12,13,14,15,16)/t9-,12+,16+,19+;5-,7+,10+,13+;6-,9+,10-,12+;4-,5+,8-,11-;/m0001./s1. The summed E-state index contributed by atoms with van der Waals surface area (Å²) in [5.41, 5.74) is 0.943. The number of rotatable bonds is 18. The first-order valence-corrected chi connectivity index (χ1v) is 34.4. The molecule has 8 aromatic rings. The molecule has 4 aliphatic heterocycles. The van der Waals surface area contributed by atoms with Crippen molar-refractivity contribution in [2.75, 3.05) is 28.7 Å². The molecule has 8 aromatic heterocycles. The molecule has 616 valence electrons. The van der Waals surface area contributed by atoms with Crippen LogP contribution in [0.1, 0.15) is 128 Å². The SMILES string of the molecule is CC(C)C(=O)Nc1nc2nc[nH]c2c(=O)[nH]1.CC[C@@]1(C(F)F)O[C@@H](n2cnc3c(=O)[nH]c(N)nc32)[C@H](O)[C@@H]1C.CC[C@@]1(C(F)F)O[C@@H](n2cnc3c(=O)[nH]c(NC(=O)C(C)C)nc32)[C@H](OC(C)=O)[C@@H]1C.CC[C@@]1(C(F)F)O[C@H](OC(C)=O)[C@H](OC(C)=O)[C@@H]1C.Nc1nc2c(ncn2[C@@H]2O[C@@](CO)(C(F)F)[C@@H](O)[C@H]2O)c(=O)[nH]1. The number of H-pyrrole nitrogens is 5. The Labute approximate surface area is 625 Å². The lowest BCUT2D eigenvalue weighted by Gasteiger charge is -2.30. The first kappa shape index (κ1) is 87.1. The van der Waals surface area contributed by atoms with Crippen LogP contribution in [-0.4, -0.2) is 220 Å². The quantitative estimate of drug-likeness (QED) is 0.0334. The van der Waals surface area contributed by atoms with Crippen molar-refractivity contribution in [3.8, 4) is 0 Å². The lowest BCUT2D eigenvalue weighted by atomic mass is 9.85. The van der Waals surface area contributed by atoms with Gasteiger partial charge in [-0.3, -0.25) is 87.4 Å². The van der Waals surface area contributed by atoms with Gasteiger partial charge in [0.2, 0.25) is 41.9 Å². The fourth-order valence-electron chi connectivity index (χ4n) is 12.9. The molecule has 4 fully saturated rings.